The third kappa shape index (κ3) is 8.85. The van der Waals surface area contributed by atoms with Crippen LogP contribution in [0.1, 0.15) is 69.4 Å². The number of hydrogen-bond donors (Lipinski definition) is 1. The van der Waals surface area contributed by atoms with Crippen molar-refractivity contribution in [2.24, 2.45) is 0 Å². The maximum absolute atomic E-state index is 13.7. The maximum atomic E-state index is 13.7. The first-order valence-corrected chi connectivity index (χ1v) is 16.2. The molecule has 0 aromatic heterocycles. The summed E-state index contributed by atoms with van der Waals surface area (Å²) in [6, 6.07) is 11.8. The Kier molecular flexibility index (Phi) is 11.5. The second-order valence-corrected chi connectivity index (χ2v) is 13.0. The number of carbonyl (C=O) groups is 2. The zero-order valence-corrected chi connectivity index (χ0v) is 25.3. The summed E-state index contributed by atoms with van der Waals surface area (Å²) >= 11 is 12.5. The highest BCUT2D eigenvalue weighted by atomic mass is 35.5. The fourth-order valence-electron chi connectivity index (χ4n) is 5.12. The van der Waals surface area contributed by atoms with Crippen LogP contribution in [-0.4, -0.2) is 50.0 Å². The Hall–Kier alpha value is -2.29. The molecule has 2 amide bonds. The number of benzene rings is 2. The SMILES string of the molecule is CCC(C(=O)NC1CCCCC1)N(Cc1ccc(Cl)cc1Cl)C(=O)CCCN(c1ccccc1C)S(C)(=O)=O. The van der Waals surface area contributed by atoms with Gasteiger partial charge in [-0.15, -0.1) is 0 Å². The molecule has 2 aromatic carbocycles. The molecule has 0 spiro atoms. The Bertz CT molecular complexity index is 1250. The average molecular weight is 597 g/mol. The summed E-state index contributed by atoms with van der Waals surface area (Å²) in [6.07, 6.45) is 7.22. The minimum atomic E-state index is -3.55. The minimum absolute atomic E-state index is 0.0797. The van der Waals surface area contributed by atoms with Crippen molar-refractivity contribution in [2.45, 2.75) is 83.8 Å². The quantitative estimate of drug-likeness (QED) is 0.321. The van der Waals surface area contributed by atoms with Gasteiger partial charge in [0.05, 0.1) is 11.9 Å². The summed E-state index contributed by atoms with van der Waals surface area (Å²) in [5.74, 6) is -0.398. The van der Waals surface area contributed by atoms with Crippen molar-refractivity contribution in [2.75, 3.05) is 17.1 Å². The lowest BCUT2D eigenvalue weighted by Crippen LogP contribution is -2.51. The van der Waals surface area contributed by atoms with E-state index in [2.05, 4.69) is 5.32 Å². The first kappa shape index (κ1) is 31.2. The van der Waals surface area contributed by atoms with Crippen LogP contribution in [0.4, 0.5) is 5.69 Å². The summed E-state index contributed by atoms with van der Waals surface area (Å²) in [7, 11) is -3.55. The lowest BCUT2D eigenvalue weighted by molar-refractivity contribution is -0.141. The third-order valence-corrected chi connectivity index (χ3v) is 9.00. The molecule has 0 bridgehead atoms. The summed E-state index contributed by atoms with van der Waals surface area (Å²) in [4.78, 5) is 28.6. The fourth-order valence-corrected chi connectivity index (χ4v) is 6.61. The molecule has 1 saturated carbocycles. The molecule has 10 heteroatoms. The zero-order chi connectivity index (χ0) is 28.6. The summed E-state index contributed by atoms with van der Waals surface area (Å²) in [5, 5.41) is 4.07. The number of amides is 2. The first-order valence-electron chi connectivity index (χ1n) is 13.6. The Morgan fingerprint density at radius 2 is 1.77 bits per heavy atom. The monoisotopic (exact) mass is 595 g/mol. The van der Waals surface area contributed by atoms with Crippen LogP contribution in [0.25, 0.3) is 0 Å². The highest BCUT2D eigenvalue weighted by Crippen LogP contribution is 2.26. The molecular weight excluding hydrogens is 557 g/mol. The van der Waals surface area contributed by atoms with Crippen LogP contribution in [0.2, 0.25) is 10.0 Å². The van der Waals surface area contributed by atoms with Crippen molar-refractivity contribution in [3.8, 4) is 0 Å². The number of aryl methyl sites for hydroxylation is 1. The van der Waals surface area contributed by atoms with Crippen molar-refractivity contribution in [1.82, 2.24) is 10.2 Å². The second-order valence-electron chi connectivity index (χ2n) is 10.3. The van der Waals surface area contributed by atoms with Gasteiger partial charge in [0.25, 0.3) is 0 Å². The molecule has 7 nitrogen and oxygen atoms in total. The van der Waals surface area contributed by atoms with Gasteiger partial charge in [0.15, 0.2) is 0 Å². The molecule has 0 aliphatic heterocycles. The van der Waals surface area contributed by atoms with E-state index in [0.29, 0.717) is 34.1 Å². The Labute approximate surface area is 242 Å². The van der Waals surface area contributed by atoms with E-state index in [1.807, 2.05) is 26.0 Å². The molecular formula is C29H39Cl2N3O4S. The number of rotatable bonds is 12. The lowest BCUT2D eigenvalue weighted by atomic mass is 9.95. The molecule has 1 aliphatic rings. The average Bonchev–Trinajstić information content (AvgIpc) is 2.88. The Balaban J connectivity index is 1.79. The first-order chi connectivity index (χ1) is 18.5. The molecule has 1 aliphatic carbocycles. The van der Waals surface area contributed by atoms with E-state index in [4.69, 9.17) is 23.2 Å². The molecule has 0 saturated heterocycles. The number of para-hydroxylation sites is 1. The smallest absolute Gasteiger partial charge is 0.243 e. The molecule has 0 heterocycles. The second kappa shape index (κ2) is 14.4. The molecule has 1 fully saturated rings. The molecule has 214 valence electrons. The van der Waals surface area contributed by atoms with Crippen molar-refractivity contribution in [3.63, 3.8) is 0 Å². The molecule has 1 N–H and O–H groups in total. The lowest BCUT2D eigenvalue weighted by Gasteiger charge is -2.33. The van der Waals surface area contributed by atoms with Gasteiger partial charge in [-0.25, -0.2) is 8.42 Å². The highest BCUT2D eigenvalue weighted by molar-refractivity contribution is 7.92. The van der Waals surface area contributed by atoms with Gasteiger partial charge in [0, 0.05) is 35.6 Å². The van der Waals surface area contributed by atoms with Gasteiger partial charge in [-0.3, -0.25) is 13.9 Å². The van der Waals surface area contributed by atoms with E-state index in [9.17, 15) is 18.0 Å². The number of anilines is 1. The van der Waals surface area contributed by atoms with Crippen molar-refractivity contribution in [1.29, 1.82) is 0 Å². The molecule has 1 atom stereocenters. The van der Waals surface area contributed by atoms with Crippen LogP contribution in [0, 0.1) is 6.92 Å². The van der Waals surface area contributed by atoms with Crippen molar-refractivity contribution in [3.05, 3.63) is 63.6 Å². The Morgan fingerprint density at radius 1 is 1.08 bits per heavy atom. The topological polar surface area (TPSA) is 86.8 Å². The molecule has 3 rings (SSSR count). The maximum Gasteiger partial charge on any atom is 0.243 e. The molecule has 39 heavy (non-hydrogen) atoms. The number of sulfonamides is 1. The van der Waals surface area contributed by atoms with E-state index >= 15 is 0 Å². The van der Waals surface area contributed by atoms with E-state index in [-0.39, 0.29) is 37.4 Å². The van der Waals surface area contributed by atoms with Crippen molar-refractivity contribution >= 4 is 50.7 Å². The normalized spacial score (nSPS) is 15.0. The van der Waals surface area contributed by atoms with E-state index in [1.165, 1.54) is 17.0 Å². The molecule has 0 radical (unpaired) electrons. The summed E-state index contributed by atoms with van der Waals surface area (Å²) in [5.41, 5.74) is 2.12. The Morgan fingerprint density at radius 3 is 2.38 bits per heavy atom. The van der Waals surface area contributed by atoms with E-state index < -0.39 is 16.1 Å². The zero-order valence-electron chi connectivity index (χ0n) is 23.0. The van der Waals surface area contributed by atoms with Gasteiger partial charge in [0.2, 0.25) is 21.8 Å². The van der Waals surface area contributed by atoms with Gasteiger partial charge in [-0.2, -0.15) is 0 Å². The van der Waals surface area contributed by atoms with Gasteiger partial charge in [0.1, 0.15) is 6.04 Å². The number of nitrogens with zero attached hydrogens (tertiary/aromatic N) is 2. The number of halogens is 2. The molecule has 1 unspecified atom stereocenters. The van der Waals surface area contributed by atoms with Crippen LogP contribution in [0.3, 0.4) is 0 Å². The summed E-state index contributed by atoms with van der Waals surface area (Å²) in [6.45, 7) is 4.04. The standard InChI is InChI=1S/C29H39Cl2N3O4S/c1-4-26(29(36)32-24-12-6-5-7-13-24)33(20-22-16-17-23(30)19-25(22)31)28(35)15-10-18-34(39(3,37)38)27-14-9-8-11-21(27)2/h8-9,11,14,16-17,19,24,26H,4-7,10,12-13,15,18,20H2,1-3H3,(H,32,36). The van der Waals surface area contributed by atoms with Gasteiger partial charge >= 0.3 is 0 Å². The fraction of sp³-hybridized carbons (Fsp3) is 0.517. The highest BCUT2D eigenvalue weighted by Gasteiger charge is 2.31. The predicted octanol–water partition coefficient (Wildman–Crippen LogP) is 6.10. The summed E-state index contributed by atoms with van der Waals surface area (Å²) < 4.78 is 26.5. The van der Waals surface area contributed by atoms with Crippen LogP contribution < -0.4 is 9.62 Å². The van der Waals surface area contributed by atoms with Gasteiger partial charge in [-0.1, -0.05) is 73.7 Å². The largest absolute Gasteiger partial charge is 0.352 e. The van der Waals surface area contributed by atoms with Gasteiger partial charge in [-0.05, 0) is 61.9 Å². The van der Waals surface area contributed by atoms with Crippen LogP contribution in [0.5, 0.6) is 0 Å². The van der Waals surface area contributed by atoms with Crippen LogP contribution in [0.15, 0.2) is 42.5 Å². The number of hydrogen-bond acceptors (Lipinski definition) is 4. The number of nitrogens with one attached hydrogen (secondary N) is 1. The third-order valence-electron chi connectivity index (χ3n) is 7.23. The minimum Gasteiger partial charge on any atom is -0.352 e. The van der Waals surface area contributed by atoms with Crippen molar-refractivity contribution < 1.29 is 18.0 Å². The van der Waals surface area contributed by atoms with E-state index in [0.717, 1.165) is 31.2 Å². The molecule has 2 aromatic rings. The van der Waals surface area contributed by atoms with Crippen LogP contribution in [-0.2, 0) is 26.2 Å². The van der Waals surface area contributed by atoms with E-state index in [1.54, 1.807) is 35.2 Å². The van der Waals surface area contributed by atoms with Crippen LogP contribution >= 0.6 is 23.2 Å². The predicted molar refractivity (Wildman–Crippen MR) is 159 cm³/mol. The number of carbonyl (C=O) groups excluding carboxylic acids is 2. The van der Waals surface area contributed by atoms with Gasteiger partial charge < -0.3 is 10.2 Å².